The lowest BCUT2D eigenvalue weighted by Gasteiger charge is -2.26. The summed E-state index contributed by atoms with van der Waals surface area (Å²) in [4.78, 5) is 17.6. The Morgan fingerprint density at radius 3 is 2.65 bits per heavy atom. The number of rotatable bonds is 4. The fourth-order valence-electron chi connectivity index (χ4n) is 2.56. The third-order valence-electron chi connectivity index (χ3n) is 3.68. The Kier molecular flexibility index (Phi) is 3.00. The largest absolute Gasteiger partial charge is 0.497 e. The molecule has 2 N–H and O–H groups in total. The molecule has 1 atom stereocenters. The highest BCUT2D eigenvalue weighted by Crippen LogP contribution is 2.41. The standard InChI is InChI=1S/C14H17N3O3/c1-19-9-5-6-11(20-2)10(7-9)12-13(15)16-14(18)17(12)8-3-4-8/h5-8,12H,3-4H2,1-2H3,(H2,15,16,18). The van der Waals surface area contributed by atoms with Crippen LogP contribution in [0.2, 0.25) is 0 Å². The molecule has 1 saturated carbocycles. The number of carbonyl (C=O) groups is 1. The van der Waals surface area contributed by atoms with Gasteiger partial charge in [0, 0.05) is 11.6 Å². The molecule has 1 heterocycles. The van der Waals surface area contributed by atoms with E-state index in [-0.39, 0.29) is 18.1 Å². The van der Waals surface area contributed by atoms with E-state index in [1.54, 1.807) is 19.1 Å². The van der Waals surface area contributed by atoms with Gasteiger partial charge in [-0.05, 0) is 31.0 Å². The number of nitrogens with two attached hydrogens (primary N) is 1. The van der Waals surface area contributed by atoms with E-state index in [1.807, 2.05) is 18.2 Å². The fraction of sp³-hybridized carbons (Fsp3) is 0.429. The summed E-state index contributed by atoms with van der Waals surface area (Å²) in [5, 5.41) is 0. The van der Waals surface area contributed by atoms with Crippen LogP contribution in [0, 0.1) is 0 Å². The monoisotopic (exact) mass is 275 g/mol. The third-order valence-corrected chi connectivity index (χ3v) is 3.68. The van der Waals surface area contributed by atoms with Crippen LogP contribution in [0.1, 0.15) is 24.4 Å². The van der Waals surface area contributed by atoms with Gasteiger partial charge < -0.3 is 20.1 Å². The molecule has 0 bridgehead atoms. The highest BCUT2D eigenvalue weighted by Gasteiger charge is 2.44. The quantitative estimate of drug-likeness (QED) is 0.907. The van der Waals surface area contributed by atoms with E-state index in [0.717, 1.165) is 18.4 Å². The summed E-state index contributed by atoms with van der Waals surface area (Å²) in [5.41, 5.74) is 6.77. The minimum absolute atomic E-state index is 0.230. The first kappa shape index (κ1) is 12.8. The molecule has 6 heteroatoms. The number of amidine groups is 1. The molecule has 6 nitrogen and oxygen atoms in total. The number of nitrogens with zero attached hydrogens (tertiary/aromatic N) is 2. The first-order valence-corrected chi connectivity index (χ1v) is 6.54. The van der Waals surface area contributed by atoms with Crippen LogP contribution in [-0.2, 0) is 0 Å². The van der Waals surface area contributed by atoms with Crippen molar-refractivity contribution in [3.05, 3.63) is 23.8 Å². The summed E-state index contributed by atoms with van der Waals surface area (Å²) in [6.07, 6.45) is 1.99. The minimum atomic E-state index is -0.361. The lowest BCUT2D eigenvalue weighted by Crippen LogP contribution is -2.35. The molecule has 1 fully saturated rings. The number of urea groups is 1. The second-order valence-corrected chi connectivity index (χ2v) is 4.97. The molecule has 106 valence electrons. The van der Waals surface area contributed by atoms with Crippen molar-refractivity contribution in [2.45, 2.75) is 24.9 Å². The van der Waals surface area contributed by atoms with Crippen LogP contribution in [0.4, 0.5) is 4.79 Å². The molecule has 3 rings (SSSR count). The molecule has 2 amide bonds. The zero-order chi connectivity index (χ0) is 14.3. The number of amides is 2. The Bertz CT molecular complexity index is 581. The molecule has 0 radical (unpaired) electrons. The molecular formula is C14H17N3O3. The van der Waals surface area contributed by atoms with Crippen molar-refractivity contribution in [1.82, 2.24) is 4.90 Å². The molecule has 0 spiro atoms. The Morgan fingerprint density at radius 1 is 1.30 bits per heavy atom. The van der Waals surface area contributed by atoms with E-state index >= 15 is 0 Å². The van der Waals surface area contributed by atoms with Gasteiger partial charge in [0.1, 0.15) is 23.4 Å². The predicted molar refractivity (Wildman–Crippen MR) is 74.2 cm³/mol. The van der Waals surface area contributed by atoms with Crippen molar-refractivity contribution < 1.29 is 14.3 Å². The van der Waals surface area contributed by atoms with Gasteiger partial charge in [-0.25, -0.2) is 4.79 Å². The number of hydrogen-bond acceptors (Lipinski definition) is 4. The molecule has 1 aliphatic carbocycles. The second kappa shape index (κ2) is 4.70. The predicted octanol–water partition coefficient (Wildman–Crippen LogP) is 1.70. The highest BCUT2D eigenvalue weighted by atomic mass is 16.5. The zero-order valence-electron chi connectivity index (χ0n) is 11.5. The second-order valence-electron chi connectivity index (χ2n) is 4.97. The molecule has 1 aromatic rings. The van der Waals surface area contributed by atoms with Gasteiger partial charge in [0.15, 0.2) is 0 Å². The van der Waals surface area contributed by atoms with Crippen molar-refractivity contribution >= 4 is 11.9 Å². The van der Waals surface area contributed by atoms with Gasteiger partial charge in [0.2, 0.25) is 0 Å². The van der Waals surface area contributed by atoms with Gasteiger partial charge in [-0.2, -0.15) is 4.99 Å². The Morgan fingerprint density at radius 2 is 2.05 bits per heavy atom. The molecule has 0 aromatic heterocycles. The van der Waals surface area contributed by atoms with Crippen LogP contribution in [0.25, 0.3) is 0 Å². The molecule has 2 aliphatic rings. The summed E-state index contributed by atoms with van der Waals surface area (Å²) in [6, 6.07) is 5.08. The number of benzene rings is 1. The average Bonchev–Trinajstić information content (AvgIpc) is 3.23. The van der Waals surface area contributed by atoms with Crippen molar-refractivity contribution in [2.75, 3.05) is 14.2 Å². The van der Waals surface area contributed by atoms with Gasteiger partial charge in [-0.15, -0.1) is 0 Å². The molecule has 0 saturated heterocycles. The summed E-state index contributed by atoms with van der Waals surface area (Å²) < 4.78 is 10.6. The molecule has 1 unspecified atom stereocenters. The number of carbonyl (C=O) groups excluding carboxylic acids is 1. The van der Waals surface area contributed by atoms with Crippen LogP contribution in [0.5, 0.6) is 11.5 Å². The minimum Gasteiger partial charge on any atom is -0.497 e. The van der Waals surface area contributed by atoms with Crippen LogP contribution in [-0.4, -0.2) is 37.0 Å². The van der Waals surface area contributed by atoms with E-state index < -0.39 is 0 Å². The highest BCUT2D eigenvalue weighted by molar-refractivity contribution is 6.04. The van der Waals surface area contributed by atoms with Crippen LogP contribution in [0.15, 0.2) is 23.2 Å². The normalized spacial score (nSPS) is 21.9. The van der Waals surface area contributed by atoms with Crippen molar-refractivity contribution in [1.29, 1.82) is 0 Å². The summed E-state index contributed by atoms with van der Waals surface area (Å²) >= 11 is 0. The number of aliphatic imine (C=N–C) groups is 1. The summed E-state index contributed by atoms with van der Waals surface area (Å²) in [7, 11) is 3.19. The van der Waals surface area contributed by atoms with Gasteiger partial charge >= 0.3 is 6.03 Å². The number of methoxy groups -OCH3 is 2. The maximum Gasteiger partial charge on any atom is 0.346 e. The first-order chi connectivity index (χ1) is 9.65. The zero-order valence-corrected chi connectivity index (χ0v) is 11.5. The smallest absolute Gasteiger partial charge is 0.346 e. The number of ether oxygens (including phenoxy) is 2. The van der Waals surface area contributed by atoms with Gasteiger partial charge in [0.05, 0.1) is 14.2 Å². The fourth-order valence-corrected chi connectivity index (χ4v) is 2.56. The van der Waals surface area contributed by atoms with Gasteiger partial charge in [-0.3, -0.25) is 0 Å². The molecular weight excluding hydrogens is 258 g/mol. The number of hydrogen-bond donors (Lipinski definition) is 1. The van der Waals surface area contributed by atoms with E-state index in [0.29, 0.717) is 17.3 Å². The lowest BCUT2D eigenvalue weighted by atomic mass is 10.0. The maximum atomic E-state index is 12.0. The Balaban J connectivity index is 2.05. The van der Waals surface area contributed by atoms with E-state index in [4.69, 9.17) is 15.2 Å². The van der Waals surface area contributed by atoms with Crippen molar-refractivity contribution in [3.63, 3.8) is 0 Å². The summed E-state index contributed by atoms with van der Waals surface area (Å²) in [5.74, 6) is 1.69. The SMILES string of the molecule is COc1ccc(OC)c(C2C(N)=NC(=O)N2C2CC2)c1. The van der Waals surface area contributed by atoms with E-state index in [1.165, 1.54) is 0 Å². The summed E-state index contributed by atoms with van der Waals surface area (Å²) in [6.45, 7) is 0. The third kappa shape index (κ3) is 1.97. The van der Waals surface area contributed by atoms with E-state index in [2.05, 4.69) is 4.99 Å². The van der Waals surface area contributed by atoms with Crippen LogP contribution < -0.4 is 15.2 Å². The van der Waals surface area contributed by atoms with E-state index in [9.17, 15) is 4.79 Å². The molecule has 1 aliphatic heterocycles. The van der Waals surface area contributed by atoms with Crippen LogP contribution >= 0.6 is 0 Å². The molecule has 1 aromatic carbocycles. The Labute approximate surface area is 117 Å². The van der Waals surface area contributed by atoms with Gasteiger partial charge in [0.25, 0.3) is 0 Å². The van der Waals surface area contributed by atoms with Crippen molar-refractivity contribution in [2.24, 2.45) is 10.7 Å². The Hall–Kier alpha value is -2.24. The lowest BCUT2D eigenvalue weighted by molar-refractivity contribution is 0.202. The van der Waals surface area contributed by atoms with Gasteiger partial charge in [-0.1, -0.05) is 0 Å². The van der Waals surface area contributed by atoms with Crippen molar-refractivity contribution in [3.8, 4) is 11.5 Å². The molecule has 20 heavy (non-hydrogen) atoms. The first-order valence-electron chi connectivity index (χ1n) is 6.54. The average molecular weight is 275 g/mol. The van der Waals surface area contributed by atoms with Crippen LogP contribution in [0.3, 0.4) is 0 Å². The maximum absolute atomic E-state index is 12.0. The topological polar surface area (TPSA) is 77.1 Å².